The summed E-state index contributed by atoms with van der Waals surface area (Å²) in [5.41, 5.74) is 6.96. The molecule has 1 amide bonds. The number of nitrogens with two attached hydrogens (primary N) is 1. The molecule has 0 aliphatic rings. The maximum absolute atomic E-state index is 14.1. The molecule has 28 heavy (non-hydrogen) atoms. The molecular formula is C19H25ClFN3O3S. The van der Waals surface area contributed by atoms with Crippen LogP contribution in [-0.4, -0.2) is 19.9 Å². The zero-order chi connectivity index (χ0) is 20.4. The number of halogens is 2. The fourth-order valence-electron chi connectivity index (χ4n) is 2.39. The average molecular weight is 430 g/mol. The van der Waals surface area contributed by atoms with Gasteiger partial charge in [-0.3, -0.25) is 4.79 Å². The van der Waals surface area contributed by atoms with Crippen LogP contribution in [0.2, 0.25) is 0 Å². The number of hydrogen-bond acceptors (Lipinski definition) is 4. The molecule has 0 aromatic heterocycles. The second-order valence-electron chi connectivity index (χ2n) is 7.38. The lowest BCUT2D eigenvalue weighted by molar-refractivity contribution is -0.117. The smallest absolute Gasteiger partial charge is 0.245 e. The highest BCUT2D eigenvalue weighted by Gasteiger charge is 2.26. The highest BCUT2D eigenvalue weighted by Crippen LogP contribution is 2.22. The van der Waals surface area contributed by atoms with Gasteiger partial charge < -0.3 is 11.1 Å². The molecule has 6 nitrogen and oxygen atoms in total. The zero-order valence-electron chi connectivity index (χ0n) is 16.1. The molecule has 0 bridgehead atoms. The normalized spacial score (nSPS) is 12.8. The molecule has 0 spiro atoms. The minimum atomic E-state index is -4.09. The molecule has 9 heteroatoms. The molecule has 4 N–H and O–H groups in total. The summed E-state index contributed by atoms with van der Waals surface area (Å²) in [6.07, 6.45) is 0. The van der Waals surface area contributed by atoms with Gasteiger partial charge in [0.25, 0.3) is 0 Å². The summed E-state index contributed by atoms with van der Waals surface area (Å²) in [6, 6.07) is 9.56. The van der Waals surface area contributed by atoms with Gasteiger partial charge in [-0.1, -0.05) is 29.8 Å². The van der Waals surface area contributed by atoms with Gasteiger partial charge in [0.2, 0.25) is 15.9 Å². The van der Waals surface area contributed by atoms with Crippen molar-refractivity contribution < 1.29 is 17.6 Å². The summed E-state index contributed by atoms with van der Waals surface area (Å²) in [6.45, 7) is 6.86. The molecule has 0 saturated carbocycles. The quantitative estimate of drug-likeness (QED) is 0.678. The largest absolute Gasteiger partial charge is 0.324 e. The molecule has 154 valence electrons. The first-order chi connectivity index (χ1) is 12.4. The third kappa shape index (κ3) is 6.27. The van der Waals surface area contributed by atoms with Crippen molar-refractivity contribution in [2.75, 3.05) is 5.32 Å². The maximum atomic E-state index is 14.1. The molecule has 0 aliphatic carbocycles. The van der Waals surface area contributed by atoms with Gasteiger partial charge in [0, 0.05) is 11.2 Å². The molecule has 0 radical (unpaired) electrons. The summed E-state index contributed by atoms with van der Waals surface area (Å²) in [4.78, 5) is 11.8. The molecule has 2 rings (SSSR count). The first kappa shape index (κ1) is 24.0. The minimum Gasteiger partial charge on any atom is -0.324 e. The third-order valence-corrected chi connectivity index (χ3v) is 5.42. The van der Waals surface area contributed by atoms with Crippen LogP contribution >= 0.6 is 12.4 Å². The number of rotatable bonds is 5. The number of anilines is 1. The zero-order valence-corrected chi connectivity index (χ0v) is 17.7. The SMILES string of the molecule is Cc1ccc(C(N)C(=O)Nc2ccc(F)c(S(=O)(=O)NC(C)(C)C)c2)cc1.Cl. The second kappa shape index (κ2) is 9.00. The third-order valence-electron chi connectivity index (χ3n) is 3.65. The highest BCUT2D eigenvalue weighted by atomic mass is 35.5. The standard InChI is InChI=1S/C19H24FN3O3S.ClH/c1-12-5-7-13(8-6-12)17(21)18(24)22-14-9-10-15(20)16(11-14)27(25,26)23-19(2,3)4;/h5-11,17,23H,21H2,1-4H3,(H,22,24);1H. The second-order valence-corrected chi connectivity index (χ2v) is 9.03. The summed E-state index contributed by atoms with van der Waals surface area (Å²) in [5.74, 6) is -1.44. The van der Waals surface area contributed by atoms with E-state index in [0.717, 1.165) is 17.7 Å². The first-order valence-electron chi connectivity index (χ1n) is 8.35. The lowest BCUT2D eigenvalue weighted by Crippen LogP contribution is -2.40. The number of benzene rings is 2. The van der Waals surface area contributed by atoms with Gasteiger partial charge in [0.1, 0.15) is 16.8 Å². The van der Waals surface area contributed by atoms with Crippen LogP contribution in [0.1, 0.15) is 37.9 Å². The number of carbonyl (C=O) groups is 1. The first-order valence-corrected chi connectivity index (χ1v) is 9.84. The maximum Gasteiger partial charge on any atom is 0.245 e. The van der Waals surface area contributed by atoms with Crippen molar-refractivity contribution in [3.63, 3.8) is 0 Å². The van der Waals surface area contributed by atoms with E-state index in [2.05, 4.69) is 10.0 Å². The van der Waals surface area contributed by atoms with Crippen LogP contribution in [0, 0.1) is 12.7 Å². The van der Waals surface area contributed by atoms with Crippen LogP contribution in [0.3, 0.4) is 0 Å². The number of amides is 1. The lowest BCUT2D eigenvalue weighted by Gasteiger charge is -2.21. The Bertz CT molecular complexity index is 942. The molecule has 0 fully saturated rings. The Hall–Kier alpha value is -2.00. The van der Waals surface area contributed by atoms with E-state index in [0.29, 0.717) is 5.56 Å². The molecule has 1 unspecified atom stereocenters. The summed E-state index contributed by atoms with van der Waals surface area (Å²) in [7, 11) is -4.09. The number of nitrogens with one attached hydrogen (secondary N) is 2. The van der Waals surface area contributed by atoms with Crippen molar-refractivity contribution in [3.8, 4) is 0 Å². The molecule has 2 aromatic rings. The van der Waals surface area contributed by atoms with Gasteiger partial charge in [-0.15, -0.1) is 12.4 Å². The topological polar surface area (TPSA) is 101 Å². The Morgan fingerprint density at radius 2 is 1.68 bits per heavy atom. The van der Waals surface area contributed by atoms with Gasteiger partial charge in [-0.2, -0.15) is 0 Å². The number of sulfonamides is 1. The van der Waals surface area contributed by atoms with Gasteiger partial charge in [0.05, 0.1) is 0 Å². The van der Waals surface area contributed by atoms with Crippen LogP contribution in [0.25, 0.3) is 0 Å². The Kier molecular flexibility index (Phi) is 7.73. The van der Waals surface area contributed by atoms with Crippen molar-refractivity contribution >= 4 is 34.0 Å². The van der Waals surface area contributed by atoms with E-state index in [1.54, 1.807) is 32.9 Å². The van der Waals surface area contributed by atoms with Crippen LogP contribution in [0.5, 0.6) is 0 Å². The van der Waals surface area contributed by atoms with Crippen LogP contribution in [0.15, 0.2) is 47.4 Å². The van der Waals surface area contributed by atoms with Crippen molar-refractivity contribution in [2.45, 2.75) is 44.2 Å². The number of aryl methyl sites for hydroxylation is 1. The van der Waals surface area contributed by atoms with Crippen LogP contribution < -0.4 is 15.8 Å². The van der Waals surface area contributed by atoms with E-state index in [-0.39, 0.29) is 18.1 Å². The van der Waals surface area contributed by atoms with Gasteiger partial charge in [0.15, 0.2) is 0 Å². The van der Waals surface area contributed by atoms with E-state index in [1.165, 1.54) is 6.07 Å². The average Bonchev–Trinajstić information content (AvgIpc) is 2.54. The number of hydrogen-bond donors (Lipinski definition) is 3. The fourth-order valence-corrected chi connectivity index (χ4v) is 3.91. The molecule has 0 heterocycles. The fraction of sp³-hybridized carbons (Fsp3) is 0.316. The molecule has 0 aliphatic heterocycles. The van der Waals surface area contributed by atoms with Crippen molar-refractivity contribution in [1.29, 1.82) is 0 Å². The molecular weight excluding hydrogens is 405 g/mol. The minimum absolute atomic E-state index is 0. The Morgan fingerprint density at radius 1 is 1.11 bits per heavy atom. The van der Waals surface area contributed by atoms with Crippen molar-refractivity contribution in [2.24, 2.45) is 5.73 Å². The predicted octanol–water partition coefficient (Wildman–Crippen LogP) is 3.27. The summed E-state index contributed by atoms with van der Waals surface area (Å²) in [5, 5.41) is 2.53. The molecule has 2 aromatic carbocycles. The van der Waals surface area contributed by atoms with E-state index < -0.39 is 38.2 Å². The summed E-state index contributed by atoms with van der Waals surface area (Å²) < 4.78 is 41.3. The van der Waals surface area contributed by atoms with Crippen molar-refractivity contribution in [3.05, 3.63) is 59.4 Å². The Morgan fingerprint density at radius 3 is 2.21 bits per heavy atom. The van der Waals surface area contributed by atoms with Crippen molar-refractivity contribution in [1.82, 2.24) is 4.72 Å². The van der Waals surface area contributed by atoms with E-state index in [9.17, 15) is 17.6 Å². The van der Waals surface area contributed by atoms with Gasteiger partial charge in [-0.25, -0.2) is 17.5 Å². The molecule has 0 saturated heterocycles. The van der Waals surface area contributed by atoms with E-state index >= 15 is 0 Å². The van der Waals surface area contributed by atoms with E-state index in [1.807, 2.05) is 19.1 Å². The molecule has 1 atom stereocenters. The van der Waals surface area contributed by atoms with E-state index in [4.69, 9.17) is 5.73 Å². The van der Waals surface area contributed by atoms with Crippen LogP contribution in [-0.2, 0) is 14.8 Å². The van der Waals surface area contributed by atoms with Gasteiger partial charge >= 0.3 is 0 Å². The predicted molar refractivity (Wildman–Crippen MR) is 110 cm³/mol. The highest BCUT2D eigenvalue weighted by molar-refractivity contribution is 7.89. The Balaban J connectivity index is 0.00000392. The summed E-state index contributed by atoms with van der Waals surface area (Å²) >= 11 is 0. The van der Waals surface area contributed by atoms with Crippen LogP contribution in [0.4, 0.5) is 10.1 Å². The lowest BCUT2D eigenvalue weighted by atomic mass is 10.1. The number of carbonyl (C=O) groups excluding carboxylic acids is 1. The van der Waals surface area contributed by atoms with Gasteiger partial charge in [-0.05, 0) is 51.5 Å². The Labute approximate surface area is 171 Å². The monoisotopic (exact) mass is 429 g/mol.